The fraction of sp³-hybridized carbons (Fsp3) is 0.462. The summed E-state index contributed by atoms with van der Waals surface area (Å²) in [6.07, 6.45) is 3.45. The number of carboxylic acids is 1. The standard InChI is InChI=1S/C13H17NO2/c15-13(16)12(11-7-3-1-4-8-11)14-9-5-2-6-10-14/h1,3-4,7-8,12H,2,5-6,9-10H2,(H,15,16)/t12-/m0/s1. The van der Waals surface area contributed by atoms with Crippen LogP contribution in [0.3, 0.4) is 0 Å². The topological polar surface area (TPSA) is 44.6 Å². The summed E-state index contributed by atoms with van der Waals surface area (Å²) < 4.78 is 0. The highest BCUT2D eigenvalue weighted by Crippen LogP contribution is 2.10. The number of hydrogen-bond donors (Lipinski definition) is 1. The average molecular weight is 219 g/mol. The van der Waals surface area contributed by atoms with E-state index in [9.17, 15) is 9.90 Å². The van der Waals surface area contributed by atoms with Crippen LogP contribution in [-0.2, 0) is 4.79 Å². The Morgan fingerprint density at radius 3 is 2.31 bits per heavy atom. The molecule has 1 heterocycles. The van der Waals surface area contributed by atoms with Crippen LogP contribution < -0.4 is 10.0 Å². The molecule has 1 saturated heterocycles. The summed E-state index contributed by atoms with van der Waals surface area (Å²) in [5.74, 6) is -0.955. The number of benzene rings is 1. The van der Waals surface area contributed by atoms with Crippen LogP contribution in [0.2, 0.25) is 0 Å². The second-order valence-electron chi connectivity index (χ2n) is 4.38. The van der Waals surface area contributed by atoms with Crippen molar-refractivity contribution in [3.63, 3.8) is 0 Å². The second kappa shape index (κ2) is 5.12. The summed E-state index contributed by atoms with van der Waals surface area (Å²) >= 11 is 0. The van der Waals surface area contributed by atoms with Crippen LogP contribution in [0.15, 0.2) is 30.3 Å². The molecule has 16 heavy (non-hydrogen) atoms. The minimum absolute atomic E-state index is 0.499. The van der Waals surface area contributed by atoms with Crippen molar-refractivity contribution in [2.75, 3.05) is 13.1 Å². The lowest BCUT2D eigenvalue weighted by molar-refractivity contribution is -0.929. The Balaban J connectivity index is 2.20. The van der Waals surface area contributed by atoms with E-state index in [2.05, 4.69) is 0 Å². The maximum Gasteiger partial charge on any atom is 0.153 e. The van der Waals surface area contributed by atoms with Crippen molar-refractivity contribution in [1.82, 2.24) is 0 Å². The molecule has 2 rings (SSSR count). The minimum Gasteiger partial charge on any atom is -0.544 e. The number of likely N-dealkylation sites (tertiary alicyclic amines) is 1. The first-order chi connectivity index (χ1) is 7.79. The van der Waals surface area contributed by atoms with Crippen LogP contribution in [0, 0.1) is 0 Å². The maximum absolute atomic E-state index is 11.3. The fourth-order valence-corrected chi connectivity index (χ4v) is 2.48. The van der Waals surface area contributed by atoms with Crippen molar-refractivity contribution < 1.29 is 14.8 Å². The number of rotatable bonds is 3. The molecule has 0 spiro atoms. The van der Waals surface area contributed by atoms with Gasteiger partial charge >= 0.3 is 0 Å². The van der Waals surface area contributed by atoms with Crippen molar-refractivity contribution in [3.8, 4) is 0 Å². The molecule has 0 unspecified atom stereocenters. The summed E-state index contributed by atoms with van der Waals surface area (Å²) in [7, 11) is 0. The quantitative estimate of drug-likeness (QED) is 0.748. The van der Waals surface area contributed by atoms with Crippen LogP contribution in [-0.4, -0.2) is 19.1 Å². The highest BCUT2D eigenvalue weighted by Gasteiger charge is 2.26. The monoisotopic (exact) mass is 219 g/mol. The zero-order valence-corrected chi connectivity index (χ0v) is 9.32. The van der Waals surface area contributed by atoms with E-state index in [-0.39, 0.29) is 0 Å². The van der Waals surface area contributed by atoms with Gasteiger partial charge in [-0.25, -0.2) is 0 Å². The van der Waals surface area contributed by atoms with Crippen LogP contribution in [0.5, 0.6) is 0 Å². The van der Waals surface area contributed by atoms with Gasteiger partial charge in [0, 0.05) is 5.56 Å². The maximum atomic E-state index is 11.3. The molecule has 1 aliphatic heterocycles. The van der Waals surface area contributed by atoms with Crippen molar-refractivity contribution >= 4 is 5.97 Å². The van der Waals surface area contributed by atoms with Crippen LogP contribution in [0.1, 0.15) is 30.9 Å². The molecular formula is C13H17NO2. The Kier molecular flexibility index (Phi) is 3.57. The van der Waals surface area contributed by atoms with Crippen molar-refractivity contribution in [3.05, 3.63) is 35.9 Å². The molecule has 1 atom stereocenters. The van der Waals surface area contributed by atoms with Gasteiger partial charge < -0.3 is 14.8 Å². The van der Waals surface area contributed by atoms with E-state index in [0.29, 0.717) is 0 Å². The predicted molar refractivity (Wildman–Crippen MR) is 58.7 cm³/mol. The molecule has 86 valence electrons. The third-order valence-corrected chi connectivity index (χ3v) is 3.27. The molecule has 1 fully saturated rings. The van der Waals surface area contributed by atoms with Crippen LogP contribution in [0.25, 0.3) is 0 Å². The smallest absolute Gasteiger partial charge is 0.153 e. The molecule has 0 aromatic heterocycles. The number of quaternary nitrogens is 1. The highest BCUT2D eigenvalue weighted by atomic mass is 16.4. The van der Waals surface area contributed by atoms with Gasteiger partial charge in [-0.1, -0.05) is 30.3 Å². The molecule has 0 bridgehead atoms. The lowest BCUT2D eigenvalue weighted by Crippen LogP contribution is -3.14. The Labute approximate surface area is 95.7 Å². The molecule has 3 nitrogen and oxygen atoms in total. The third kappa shape index (κ3) is 2.42. The number of carbonyl (C=O) groups excluding carboxylic acids is 1. The fourth-order valence-electron chi connectivity index (χ4n) is 2.48. The molecular weight excluding hydrogens is 202 g/mol. The van der Waals surface area contributed by atoms with Gasteiger partial charge in [-0.3, -0.25) is 0 Å². The zero-order valence-electron chi connectivity index (χ0n) is 9.32. The summed E-state index contributed by atoms with van der Waals surface area (Å²) in [5.41, 5.74) is 0.861. The van der Waals surface area contributed by atoms with E-state index in [1.165, 1.54) is 6.42 Å². The first-order valence-electron chi connectivity index (χ1n) is 5.89. The van der Waals surface area contributed by atoms with Crippen LogP contribution in [0.4, 0.5) is 0 Å². The lowest BCUT2D eigenvalue weighted by Gasteiger charge is -2.32. The Hall–Kier alpha value is -1.35. The lowest BCUT2D eigenvalue weighted by atomic mass is 10.0. The number of nitrogens with one attached hydrogen (secondary N) is 1. The molecule has 1 aliphatic rings. The Bertz CT molecular complexity index is 344. The van der Waals surface area contributed by atoms with Gasteiger partial charge in [0.25, 0.3) is 0 Å². The first-order valence-corrected chi connectivity index (χ1v) is 5.89. The molecule has 0 radical (unpaired) electrons. The summed E-state index contributed by atoms with van der Waals surface area (Å²) in [5, 5.41) is 11.3. The molecule has 1 aromatic rings. The van der Waals surface area contributed by atoms with Crippen molar-refractivity contribution in [2.24, 2.45) is 0 Å². The van der Waals surface area contributed by atoms with Gasteiger partial charge in [-0.05, 0) is 19.3 Å². The largest absolute Gasteiger partial charge is 0.544 e. The predicted octanol–water partition coefficient (Wildman–Crippen LogP) is -0.454. The van der Waals surface area contributed by atoms with E-state index < -0.39 is 12.0 Å². The number of carboxylic acid groups (broad SMARTS) is 1. The summed E-state index contributed by atoms with van der Waals surface area (Å²) in [4.78, 5) is 12.4. The van der Waals surface area contributed by atoms with Gasteiger partial charge in [0.05, 0.1) is 13.1 Å². The summed E-state index contributed by atoms with van der Waals surface area (Å²) in [6.45, 7) is 1.88. The normalized spacial score (nSPS) is 19.2. The number of hydrogen-bond acceptors (Lipinski definition) is 2. The molecule has 0 saturated carbocycles. The van der Waals surface area contributed by atoms with Crippen molar-refractivity contribution in [2.45, 2.75) is 25.3 Å². The molecule has 0 amide bonds. The average Bonchev–Trinajstić information content (AvgIpc) is 2.31. The van der Waals surface area contributed by atoms with E-state index in [1.54, 1.807) is 0 Å². The third-order valence-electron chi connectivity index (χ3n) is 3.27. The van der Waals surface area contributed by atoms with Gasteiger partial charge in [-0.15, -0.1) is 0 Å². The van der Waals surface area contributed by atoms with Crippen LogP contribution >= 0.6 is 0 Å². The number of aliphatic carboxylic acids is 1. The van der Waals surface area contributed by atoms with Gasteiger partial charge in [0.15, 0.2) is 6.04 Å². The van der Waals surface area contributed by atoms with Gasteiger partial charge in [0.2, 0.25) is 0 Å². The molecule has 3 heteroatoms. The van der Waals surface area contributed by atoms with E-state index in [1.807, 2.05) is 30.3 Å². The minimum atomic E-state index is -0.955. The molecule has 0 aliphatic carbocycles. The zero-order chi connectivity index (χ0) is 11.4. The molecule has 1 N–H and O–H groups in total. The van der Waals surface area contributed by atoms with Crippen molar-refractivity contribution in [1.29, 1.82) is 0 Å². The van der Waals surface area contributed by atoms with E-state index in [0.717, 1.165) is 36.4 Å². The number of carbonyl (C=O) groups is 1. The van der Waals surface area contributed by atoms with E-state index >= 15 is 0 Å². The highest BCUT2D eigenvalue weighted by molar-refractivity contribution is 5.71. The number of piperidine rings is 1. The Morgan fingerprint density at radius 1 is 1.12 bits per heavy atom. The molecule has 1 aromatic carbocycles. The summed E-state index contributed by atoms with van der Waals surface area (Å²) in [6, 6.07) is 8.93. The second-order valence-corrected chi connectivity index (χ2v) is 4.38. The van der Waals surface area contributed by atoms with Gasteiger partial charge in [-0.2, -0.15) is 0 Å². The SMILES string of the molecule is O=C([O-])[C@H](c1ccccc1)[NH+]1CCCCC1. The van der Waals surface area contributed by atoms with E-state index in [4.69, 9.17) is 0 Å². The first kappa shape index (κ1) is 11.1. The Morgan fingerprint density at radius 2 is 1.75 bits per heavy atom. The van der Waals surface area contributed by atoms with Gasteiger partial charge in [0.1, 0.15) is 5.97 Å².